The Morgan fingerprint density at radius 2 is 1.94 bits per heavy atom. The molecule has 1 nitrogen and oxygen atoms in total. The average Bonchev–Trinajstić information content (AvgIpc) is 2.37. The fraction of sp³-hybridized carbons (Fsp3) is 0.143. The number of alkyl halides is 1. The van der Waals surface area contributed by atoms with E-state index >= 15 is 0 Å². The molecule has 0 spiro atoms. The van der Waals surface area contributed by atoms with Crippen LogP contribution >= 0.6 is 23.2 Å². The van der Waals surface area contributed by atoms with Gasteiger partial charge in [0.15, 0.2) is 11.6 Å². The summed E-state index contributed by atoms with van der Waals surface area (Å²) < 4.78 is 19.2. The molecule has 0 aromatic heterocycles. The van der Waals surface area contributed by atoms with Crippen molar-refractivity contribution < 1.29 is 9.13 Å². The van der Waals surface area contributed by atoms with E-state index in [9.17, 15) is 4.39 Å². The molecule has 0 aliphatic carbocycles. The quantitative estimate of drug-likeness (QED) is 0.693. The molecule has 0 aliphatic heterocycles. The van der Waals surface area contributed by atoms with Crippen LogP contribution in [0.15, 0.2) is 36.4 Å². The van der Waals surface area contributed by atoms with E-state index in [1.165, 1.54) is 12.1 Å². The zero-order chi connectivity index (χ0) is 13.1. The highest BCUT2D eigenvalue weighted by Crippen LogP contribution is 2.31. The van der Waals surface area contributed by atoms with Gasteiger partial charge in [0.2, 0.25) is 0 Å². The molecule has 0 atom stereocenters. The van der Waals surface area contributed by atoms with Gasteiger partial charge in [0.25, 0.3) is 0 Å². The maximum atomic E-state index is 13.7. The molecule has 0 heterocycles. The monoisotopic (exact) mass is 284 g/mol. The fourth-order valence-corrected chi connectivity index (χ4v) is 1.97. The highest BCUT2D eigenvalue weighted by atomic mass is 35.5. The first kappa shape index (κ1) is 13.2. The summed E-state index contributed by atoms with van der Waals surface area (Å²) in [5, 5.41) is 0.0343. The minimum Gasteiger partial charge on any atom is -0.454 e. The summed E-state index contributed by atoms with van der Waals surface area (Å²) in [6.45, 7) is 1.96. The second kappa shape index (κ2) is 5.59. The summed E-state index contributed by atoms with van der Waals surface area (Å²) in [6, 6.07) is 10.2. The first-order valence-corrected chi connectivity index (χ1v) is 6.30. The van der Waals surface area contributed by atoms with Crippen LogP contribution in [0.4, 0.5) is 4.39 Å². The molecule has 0 amide bonds. The molecule has 0 radical (unpaired) electrons. The normalized spacial score (nSPS) is 10.4. The molecule has 0 unspecified atom stereocenters. The van der Waals surface area contributed by atoms with Crippen molar-refractivity contribution >= 4 is 23.2 Å². The van der Waals surface area contributed by atoms with Crippen LogP contribution in [0.2, 0.25) is 5.02 Å². The number of benzene rings is 2. The Morgan fingerprint density at radius 1 is 1.17 bits per heavy atom. The number of halogens is 3. The minimum absolute atomic E-state index is 0.0343. The number of hydrogen-bond acceptors (Lipinski definition) is 1. The largest absolute Gasteiger partial charge is 0.454 e. The van der Waals surface area contributed by atoms with Crippen LogP contribution in [0.25, 0.3) is 0 Å². The second-order valence-electron chi connectivity index (χ2n) is 3.90. The van der Waals surface area contributed by atoms with E-state index < -0.39 is 5.82 Å². The lowest BCUT2D eigenvalue weighted by atomic mass is 10.1. The van der Waals surface area contributed by atoms with E-state index in [1.54, 1.807) is 12.1 Å². The lowest BCUT2D eigenvalue weighted by Gasteiger charge is -2.11. The van der Waals surface area contributed by atoms with E-state index in [0.717, 1.165) is 11.1 Å². The molecule has 18 heavy (non-hydrogen) atoms. The first-order chi connectivity index (χ1) is 8.61. The smallest absolute Gasteiger partial charge is 0.184 e. The van der Waals surface area contributed by atoms with E-state index in [0.29, 0.717) is 11.6 Å². The molecule has 0 bridgehead atoms. The van der Waals surface area contributed by atoms with Crippen LogP contribution in [-0.4, -0.2) is 0 Å². The minimum atomic E-state index is -0.569. The maximum Gasteiger partial charge on any atom is 0.184 e. The van der Waals surface area contributed by atoms with Gasteiger partial charge in [-0.2, -0.15) is 0 Å². The molecule has 4 heteroatoms. The SMILES string of the molecule is Cc1ccc(Oc2cccc(Cl)c2F)c(CCl)c1. The van der Waals surface area contributed by atoms with Crippen LogP contribution < -0.4 is 4.74 Å². The number of hydrogen-bond donors (Lipinski definition) is 0. The van der Waals surface area contributed by atoms with Crippen LogP contribution in [0.1, 0.15) is 11.1 Å². The molecule has 0 N–H and O–H groups in total. The summed E-state index contributed by atoms with van der Waals surface area (Å²) in [7, 11) is 0. The average molecular weight is 285 g/mol. The summed E-state index contributed by atoms with van der Waals surface area (Å²) >= 11 is 11.5. The number of ether oxygens (including phenoxy) is 1. The van der Waals surface area contributed by atoms with E-state index in [4.69, 9.17) is 27.9 Å². The van der Waals surface area contributed by atoms with Gasteiger partial charge >= 0.3 is 0 Å². The van der Waals surface area contributed by atoms with Gasteiger partial charge in [-0.3, -0.25) is 0 Å². The first-order valence-electron chi connectivity index (χ1n) is 5.39. The molecule has 0 fully saturated rings. The van der Waals surface area contributed by atoms with Gasteiger partial charge in [-0.1, -0.05) is 35.4 Å². The Balaban J connectivity index is 2.37. The molecule has 0 aliphatic rings. The third-order valence-corrected chi connectivity index (χ3v) is 3.08. The van der Waals surface area contributed by atoms with Gasteiger partial charge in [0.05, 0.1) is 10.9 Å². The van der Waals surface area contributed by atoms with Crippen molar-refractivity contribution in [2.24, 2.45) is 0 Å². The predicted molar refractivity (Wildman–Crippen MR) is 72.2 cm³/mol. The van der Waals surface area contributed by atoms with Crippen LogP contribution in [0, 0.1) is 12.7 Å². The van der Waals surface area contributed by atoms with Crippen LogP contribution in [-0.2, 0) is 5.88 Å². The lowest BCUT2D eigenvalue weighted by molar-refractivity contribution is 0.439. The van der Waals surface area contributed by atoms with Gasteiger partial charge in [0.1, 0.15) is 5.75 Å². The molecule has 94 valence electrons. The Bertz CT molecular complexity index is 570. The molecule has 2 aromatic carbocycles. The van der Waals surface area contributed by atoms with Crippen molar-refractivity contribution in [1.82, 2.24) is 0 Å². The third-order valence-electron chi connectivity index (χ3n) is 2.50. The summed E-state index contributed by atoms with van der Waals surface area (Å²) in [5.41, 5.74) is 1.89. The fourth-order valence-electron chi connectivity index (χ4n) is 1.59. The Kier molecular flexibility index (Phi) is 4.10. The van der Waals surface area contributed by atoms with Gasteiger partial charge in [-0.15, -0.1) is 11.6 Å². The van der Waals surface area contributed by atoms with E-state index in [1.807, 2.05) is 19.1 Å². The van der Waals surface area contributed by atoms with Crippen molar-refractivity contribution in [2.75, 3.05) is 0 Å². The molecular weight excluding hydrogens is 274 g/mol. The Hall–Kier alpha value is -1.25. The van der Waals surface area contributed by atoms with Crippen molar-refractivity contribution in [2.45, 2.75) is 12.8 Å². The van der Waals surface area contributed by atoms with Gasteiger partial charge < -0.3 is 4.74 Å². The van der Waals surface area contributed by atoms with Crippen LogP contribution in [0.5, 0.6) is 11.5 Å². The second-order valence-corrected chi connectivity index (χ2v) is 4.57. The number of rotatable bonds is 3. The van der Waals surface area contributed by atoms with Crippen molar-refractivity contribution in [3.8, 4) is 11.5 Å². The van der Waals surface area contributed by atoms with Gasteiger partial charge in [0, 0.05) is 5.56 Å². The van der Waals surface area contributed by atoms with Crippen molar-refractivity contribution in [1.29, 1.82) is 0 Å². The standard InChI is InChI=1S/C14H11Cl2FO/c1-9-5-6-12(10(7-9)8-15)18-13-4-2-3-11(16)14(13)17/h2-7H,8H2,1H3. The summed E-state index contributed by atoms with van der Waals surface area (Å²) in [5.74, 6) is 0.369. The van der Waals surface area contributed by atoms with Crippen molar-refractivity contribution in [3.05, 3.63) is 58.4 Å². The van der Waals surface area contributed by atoms with Gasteiger partial charge in [-0.05, 0) is 25.1 Å². The summed E-state index contributed by atoms with van der Waals surface area (Å²) in [6.07, 6.45) is 0. The molecule has 2 aromatic rings. The molecule has 0 saturated carbocycles. The number of aryl methyl sites for hydroxylation is 1. The van der Waals surface area contributed by atoms with Crippen molar-refractivity contribution in [3.63, 3.8) is 0 Å². The van der Waals surface area contributed by atoms with E-state index in [-0.39, 0.29) is 10.8 Å². The van der Waals surface area contributed by atoms with E-state index in [2.05, 4.69) is 0 Å². The third kappa shape index (κ3) is 2.77. The lowest BCUT2D eigenvalue weighted by Crippen LogP contribution is -1.93. The predicted octanol–water partition coefficient (Wildman–Crippen LogP) is 5.32. The zero-order valence-corrected chi connectivity index (χ0v) is 11.2. The topological polar surface area (TPSA) is 9.23 Å². The molecular formula is C14H11Cl2FO. The van der Waals surface area contributed by atoms with Gasteiger partial charge in [-0.25, -0.2) is 4.39 Å². The molecule has 2 rings (SSSR count). The molecule has 0 saturated heterocycles. The van der Waals surface area contributed by atoms with Crippen LogP contribution in [0.3, 0.4) is 0 Å². The summed E-state index contributed by atoms with van der Waals surface area (Å²) in [4.78, 5) is 0. The highest BCUT2D eigenvalue weighted by Gasteiger charge is 2.10. The Morgan fingerprint density at radius 3 is 2.67 bits per heavy atom. The highest BCUT2D eigenvalue weighted by molar-refractivity contribution is 6.30. The maximum absolute atomic E-state index is 13.7. The zero-order valence-electron chi connectivity index (χ0n) is 9.71. The Labute approximate surface area is 115 Å².